The molecule has 2 unspecified atom stereocenters. The van der Waals surface area contributed by atoms with Crippen LogP contribution in [0.15, 0.2) is 48.7 Å². The van der Waals surface area contributed by atoms with E-state index in [2.05, 4.69) is 55.8 Å². The van der Waals surface area contributed by atoms with E-state index in [1.165, 1.54) is 13.3 Å². The number of aromatic nitrogens is 1. The van der Waals surface area contributed by atoms with E-state index in [-0.39, 0.29) is 6.10 Å². The molecule has 4 rings (SSSR count). The Kier molecular flexibility index (Phi) is 8.90. The Hall–Kier alpha value is -3.45. The maximum atomic E-state index is 14.9. The number of benzene rings is 2. The average Bonchev–Trinajstić information content (AvgIpc) is 2.91. The Bertz CT molecular complexity index is 1320. The molecule has 39 heavy (non-hydrogen) atoms. The van der Waals surface area contributed by atoms with E-state index in [0.29, 0.717) is 36.5 Å². The highest BCUT2D eigenvalue weighted by Crippen LogP contribution is 2.39. The van der Waals surface area contributed by atoms with Gasteiger partial charge in [-0.05, 0) is 86.9 Å². The topological polar surface area (TPSA) is 71.9 Å². The van der Waals surface area contributed by atoms with Crippen LogP contribution in [0.1, 0.15) is 69.4 Å². The number of methoxy groups -OCH3 is 1. The van der Waals surface area contributed by atoms with Crippen molar-refractivity contribution in [3.8, 4) is 22.8 Å². The van der Waals surface area contributed by atoms with Crippen molar-refractivity contribution < 1.29 is 23.8 Å². The number of carboxylic acid groups (broad SMARTS) is 1. The van der Waals surface area contributed by atoms with Crippen molar-refractivity contribution in [1.82, 2.24) is 9.88 Å². The van der Waals surface area contributed by atoms with Gasteiger partial charge in [0.05, 0.1) is 19.2 Å². The summed E-state index contributed by atoms with van der Waals surface area (Å²) in [6.07, 6.45) is 3.18. The van der Waals surface area contributed by atoms with Crippen LogP contribution in [0.2, 0.25) is 0 Å². The third kappa shape index (κ3) is 6.59. The molecule has 2 heterocycles. The van der Waals surface area contributed by atoms with Crippen molar-refractivity contribution in [2.45, 2.75) is 78.6 Å². The lowest BCUT2D eigenvalue weighted by Gasteiger charge is -2.33. The Morgan fingerprint density at radius 3 is 2.54 bits per heavy atom. The molecule has 1 aromatic heterocycles. The third-order valence-electron chi connectivity index (χ3n) is 7.56. The van der Waals surface area contributed by atoms with Gasteiger partial charge in [0.1, 0.15) is 17.7 Å². The van der Waals surface area contributed by atoms with Crippen LogP contribution in [0.3, 0.4) is 0 Å². The summed E-state index contributed by atoms with van der Waals surface area (Å²) < 4.78 is 26.7. The summed E-state index contributed by atoms with van der Waals surface area (Å²) >= 11 is 0. The number of hydrogen-bond acceptors (Lipinski definition) is 5. The van der Waals surface area contributed by atoms with E-state index < -0.39 is 17.7 Å². The fourth-order valence-corrected chi connectivity index (χ4v) is 5.34. The van der Waals surface area contributed by atoms with E-state index in [9.17, 15) is 14.3 Å². The number of fused-ring (bicyclic) bond motifs is 1. The van der Waals surface area contributed by atoms with E-state index in [4.69, 9.17) is 9.47 Å². The number of ether oxygens (including phenoxy) is 2. The number of nitrogens with zero attached hydrogens (tertiary/aromatic N) is 2. The van der Waals surface area contributed by atoms with Gasteiger partial charge < -0.3 is 14.6 Å². The maximum absolute atomic E-state index is 14.9. The smallest absolute Gasteiger partial charge is 0.306 e. The minimum atomic E-state index is -0.806. The highest BCUT2D eigenvalue weighted by Gasteiger charge is 2.26. The minimum absolute atomic E-state index is 0.160. The molecule has 208 valence electrons. The summed E-state index contributed by atoms with van der Waals surface area (Å²) in [5.41, 5.74) is 5.47. The quantitative estimate of drug-likeness (QED) is 0.307. The van der Waals surface area contributed by atoms with Crippen LogP contribution in [0.25, 0.3) is 11.1 Å². The third-order valence-corrected chi connectivity index (χ3v) is 7.56. The molecule has 2 atom stereocenters. The summed E-state index contributed by atoms with van der Waals surface area (Å²) in [5.74, 6) is -0.495. The second-order valence-corrected chi connectivity index (χ2v) is 11.0. The molecule has 0 aliphatic carbocycles. The molecule has 6 nitrogen and oxygen atoms in total. The molecule has 0 bridgehead atoms. The zero-order valence-electron chi connectivity index (χ0n) is 23.7. The van der Waals surface area contributed by atoms with Crippen LogP contribution in [0, 0.1) is 11.7 Å². The standard InChI is InChI=1S/C32H39FN2O4/c1-19(2)35(20(3)4)18-25-15-24(27-16-31(38-6)34-17-28(27)33)9-11-26(25)29-12-10-23-8-7-22(14-30(23)39-29)13-21(5)32(36)37/h7-9,11,14-17,19-21,29H,10,12-13,18H2,1-6H3,(H,36,37). The number of carboxylic acids is 1. The highest BCUT2D eigenvalue weighted by atomic mass is 19.1. The normalized spacial score (nSPS) is 15.8. The Morgan fingerprint density at radius 1 is 1.13 bits per heavy atom. The molecule has 0 fully saturated rings. The lowest BCUT2D eigenvalue weighted by molar-refractivity contribution is -0.141. The summed E-state index contributed by atoms with van der Waals surface area (Å²) in [6, 6.07) is 14.4. The van der Waals surface area contributed by atoms with Crippen molar-refractivity contribution in [3.05, 3.63) is 76.7 Å². The summed E-state index contributed by atoms with van der Waals surface area (Å²) in [4.78, 5) is 17.8. The van der Waals surface area contributed by atoms with Crippen molar-refractivity contribution >= 4 is 5.97 Å². The van der Waals surface area contributed by atoms with Gasteiger partial charge in [-0.25, -0.2) is 9.37 Å². The Balaban J connectivity index is 1.72. The summed E-state index contributed by atoms with van der Waals surface area (Å²) in [5, 5.41) is 9.33. The van der Waals surface area contributed by atoms with E-state index in [1.807, 2.05) is 18.2 Å². The molecule has 1 N–H and O–H groups in total. The van der Waals surface area contributed by atoms with Crippen LogP contribution >= 0.6 is 0 Å². The largest absolute Gasteiger partial charge is 0.485 e. The molecular formula is C32H39FN2O4. The maximum Gasteiger partial charge on any atom is 0.306 e. The van der Waals surface area contributed by atoms with Gasteiger partial charge in [-0.15, -0.1) is 0 Å². The molecule has 0 saturated heterocycles. The molecule has 0 spiro atoms. The number of carbonyl (C=O) groups is 1. The van der Waals surface area contributed by atoms with Crippen molar-refractivity contribution in [2.75, 3.05) is 7.11 Å². The lowest BCUT2D eigenvalue weighted by atomic mass is 9.90. The number of halogens is 1. The fraction of sp³-hybridized carbons (Fsp3) is 0.438. The molecule has 1 aliphatic heterocycles. The van der Waals surface area contributed by atoms with Gasteiger partial charge in [0.15, 0.2) is 0 Å². The molecular weight excluding hydrogens is 495 g/mol. The molecule has 0 amide bonds. The number of rotatable bonds is 10. The SMILES string of the molecule is COc1cc(-c2ccc(C3CCc4ccc(CC(C)C(=O)O)cc4O3)c(CN(C(C)C)C(C)C)c2)c(F)cn1. The summed E-state index contributed by atoms with van der Waals surface area (Å²) in [6.45, 7) is 11.2. The first-order valence-electron chi connectivity index (χ1n) is 13.7. The minimum Gasteiger partial charge on any atom is -0.485 e. The predicted octanol–water partition coefficient (Wildman–Crippen LogP) is 6.84. The second kappa shape index (κ2) is 12.2. The monoisotopic (exact) mass is 534 g/mol. The highest BCUT2D eigenvalue weighted by molar-refractivity contribution is 5.70. The van der Waals surface area contributed by atoms with Crippen LogP contribution in [-0.2, 0) is 24.2 Å². The average molecular weight is 535 g/mol. The van der Waals surface area contributed by atoms with Crippen molar-refractivity contribution in [2.24, 2.45) is 5.92 Å². The van der Waals surface area contributed by atoms with Gasteiger partial charge in [-0.3, -0.25) is 9.69 Å². The second-order valence-electron chi connectivity index (χ2n) is 11.0. The first-order chi connectivity index (χ1) is 18.6. The van der Waals surface area contributed by atoms with E-state index in [0.717, 1.165) is 46.4 Å². The molecule has 0 radical (unpaired) electrons. The molecule has 7 heteroatoms. The fourth-order valence-electron chi connectivity index (χ4n) is 5.34. The van der Waals surface area contributed by atoms with Gasteiger partial charge >= 0.3 is 5.97 Å². The Labute approximate surface area is 230 Å². The van der Waals surface area contributed by atoms with E-state index in [1.54, 1.807) is 13.0 Å². The predicted molar refractivity (Wildman–Crippen MR) is 151 cm³/mol. The molecule has 3 aromatic rings. The van der Waals surface area contributed by atoms with Gasteiger partial charge in [0, 0.05) is 30.3 Å². The van der Waals surface area contributed by atoms with Crippen LogP contribution in [0.4, 0.5) is 4.39 Å². The molecule has 1 aliphatic rings. The van der Waals surface area contributed by atoms with Crippen LogP contribution in [0.5, 0.6) is 11.6 Å². The van der Waals surface area contributed by atoms with Crippen LogP contribution in [-0.4, -0.2) is 40.2 Å². The number of aryl methyl sites for hydroxylation is 1. The van der Waals surface area contributed by atoms with E-state index >= 15 is 0 Å². The first kappa shape index (κ1) is 28.6. The Morgan fingerprint density at radius 2 is 1.87 bits per heavy atom. The first-order valence-corrected chi connectivity index (χ1v) is 13.7. The molecule has 2 aromatic carbocycles. The number of pyridine rings is 1. The molecule has 0 saturated carbocycles. The van der Waals surface area contributed by atoms with Crippen molar-refractivity contribution in [1.29, 1.82) is 0 Å². The van der Waals surface area contributed by atoms with Gasteiger partial charge in [0.2, 0.25) is 5.88 Å². The zero-order valence-corrected chi connectivity index (χ0v) is 23.7. The van der Waals surface area contributed by atoms with Crippen molar-refractivity contribution in [3.63, 3.8) is 0 Å². The van der Waals surface area contributed by atoms with Crippen LogP contribution < -0.4 is 9.47 Å². The van der Waals surface area contributed by atoms with Gasteiger partial charge in [-0.1, -0.05) is 31.2 Å². The zero-order chi connectivity index (χ0) is 28.3. The summed E-state index contributed by atoms with van der Waals surface area (Å²) in [7, 11) is 1.52. The van der Waals surface area contributed by atoms with Gasteiger partial charge in [-0.2, -0.15) is 0 Å². The number of aliphatic carboxylic acids is 1. The lowest BCUT2D eigenvalue weighted by Crippen LogP contribution is -2.36. The number of hydrogen-bond donors (Lipinski definition) is 1. The van der Waals surface area contributed by atoms with Gasteiger partial charge in [0.25, 0.3) is 0 Å².